The molecule has 3 nitrogen and oxygen atoms in total. The molecule has 18 heavy (non-hydrogen) atoms. The van der Waals surface area contributed by atoms with E-state index in [1.807, 2.05) is 0 Å². The second-order valence-corrected chi connectivity index (χ2v) is 5.41. The molecule has 0 saturated heterocycles. The van der Waals surface area contributed by atoms with Crippen LogP contribution in [0.2, 0.25) is 10.0 Å². The zero-order valence-electron chi connectivity index (χ0n) is 9.83. The Bertz CT molecular complexity index is 422. The number of benzene rings is 1. The second kappa shape index (κ2) is 5.91. The van der Waals surface area contributed by atoms with E-state index < -0.39 is 0 Å². The van der Waals surface area contributed by atoms with E-state index in [1.165, 1.54) is 0 Å². The first kappa shape index (κ1) is 13.7. The Morgan fingerprint density at radius 3 is 2.28 bits per heavy atom. The normalized spacial score (nSPS) is 23.7. The fourth-order valence-corrected chi connectivity index (χ4v) is 2.67. The molecule has 0 aromatic heterocycles. The van der Waals surface area contributed by atoms with Crippen LogP contribution in [-0.2, 0) is 4.79 Å². The molecular formula is C13H15Cl2NO2. The Labute approximate surface area is 116 Å². The van der Waals surface area contributed by atoms with Crippen molar-refractivity contribution in [2.45, 2.75) is 31.8 Å². The lowest BCUT2D eigenvalue weighted by Gasteiger charge is -2.24. The molecule has 0 aliphatic heterocycles. The highest BCUT2D eigenvalue weighted by Gasteiger charge is 2.25. The predicted molar refractivity (Wildman–Crippen MR) is 73.1 cm³/mol. The summed E-state index contributed by atoms with van der Waals surface area (Å²) < 4.78 is 0. The van der Waals surface area contributed by atoms with Crippen molar-refractivity contribution in [1.82, 2.24) is 0 Å². The summed E-state index contributed by atoms with van der Waals surface area (Å²) in [6.45, 7) is 0. The number of hydrogen-bond acceptors (Lipinski definition) is 2. The molecule has 1 fully saturated rings. The number of hydrogen-bond donors (Lipinski definition) is 2. The lowest BCUT2D eigenvalue weighted by molar-refractivity contribution is -0.121. The Morgan fingerprint density at radius 1 is 1.17 bits per heavy atom. The van der Waals surface area contributed by atoms with Crippen LogP contribution in [0.4, 0.5) is 5.69 Å². The van der Waals surface area contributed by atoms with E-state index in [4.69, 9.17) is 23.2 Å². The van der Waals surface area contributed by atoms with Crippen LogP contribution in [0.15, 0.2) is 18.2 Å². The fourth-order valence-electron chi connectivity index (χ4n) is 2.18. The van der Waals surface area contributed by atoms with Gasteiger partial charge in [-0.3, -0.25) is 4.79 Å². The molecule has 0 unspecified atom stereocenters. The molecule has 0 atom stereocenters. The van der Waals surface area contributed by atoms with E-state index in [0.717, 1.165) is 0 Å². The van der Waals surface area contributed by atoms with E-state index in [1.54, 1.807) is 18.2 Å². The van der Waals surface area contributed by atoms with Crippen molar-refractivity contribution >= 4 is 34.8 Å². The maximum atomic E-state index is 12.1. The molecule has 1 aliphatic carbocycles. The summed E-state index contributed by atoms with van der Waals surface area (Å²) in [4.78, 5) is 12.1. The van der Waals surface area contributed by atoms with E-state index in [9.17, 15) is 9.90 Å². The minimum absolute atomic E-state index is 0.0688. The molecule has 0 spiro atoms. The maximum Gasteiger partial charge on any atom is 0.227 e. The molecule has 5 heteroatoms. The molecule has 1 amide bonds. The highest BCUT2D eigenvalue weighted by Crippen LogP contribution is 2.32. The van der Waals surface area contributed by atoms with Gasteiger partial charge < -0.3 is 10.4 Å². The van der Waals surface area contributed by atoms with Gasteiger partial charge in [0.05, 0.1) is 21.8 Å². The second-order valence-electron chi connectivity index (χ2n) is 4.59. The van der Waals surface area contributed by atoms with Gasteiger partial charge >= 0.3 is 0 Å². The number of anilines is 1. The Morgan fingerprint density at radius 2 is 1.72 bits per heavy atom. The molecule has 2 rings (SSSR count). The highest BCUT2D eigenvalue weighted by atomic mass is 35.5. The number of para-hydroxylation sites is 1. The molecule has 1 aliphatic rings. The van der Waals surface area contributed by atoms with Gasteiger partial charge in [-0.25, -0.2) is 0 Å². The number of rotatable bonds is 2. The monoisotopic (exact) mass is 287 g/mol. The zero-order chi connectivity index (χ0) is 13.1. The van der Waals surface area contributed by atoms with Gasteiger partial charge in [-0.2, -0.15) is 0 Å². The quantitative estimate of drug-likeness (QED) is 0.875. The third kappa shape index (κ3) is 3.16. The number of carbonyl (C=O) groups is 1. The summed E-state index contributed by atoms with van der Waals surface area (Å²) in [7, 11) is 0. The predicted octanol–water partition coefficient (Wildman–Crippen LogP) is 3.48. The van der Waals surface area contributed by atoms with Crippen LogP contribution in [-0.4, -0.2) is 17.1 Å². The lowest BCUT2D eigenvalue weighted by atomic mass is 9.87. The van der Waals surface area contributed by atoms with Crippen molar-refractivity contribution < 1.29 is 9.90 Å². The molecule has 98 valence electrons. The van der Waals surface area contributed by atoms with E-state index in [2.05, 4.69) is 5.32 Å². The van der Waals surface area contributed by atoms with Gasteiger partial charge in [-0.1, -0.05) is 29.3 Å². The largest absolute Gasteiger partial charge is 0.393 e. The van der Waals surface area contributed by atoms with Gasteiger partial charge in [-0.15, -0.1) is 0 Å². The smallest absolute Gasteiger partial charge is 0.227 e. The topological polar surface area (TPSA) is 49.3 Å². The third-order valence-corrected chi connectivity index (χ3v) is 3.91. The van der Waals surface area contributed by atoms with Crippen LogP contribution >= 0.6 is 23.2 Å². The van der Waals surface area contributed by atoms with Crippen LogP contribution in [0.3, 0.4) is 0 Å². The fraction of sp³-hybridized carbons (Fsp3) is 0.462. The van der Waals surface area contributed by atoms with Gasteiger partial charge in [0.15, 0.2) is 0 Å². The maximum absolute atomic E-state index is 12.1. The average Bonchev–Trinajstić information content (AvgIpc) is 2.34. The number of nitrogens with one attached hydrogen (secondary N) is 1. The number of amides is 1. The first-order valence-corrected chi connectivity index (χ1v) is 6.76. The first-order chi connectivity index (χ1) is 8.58. The summed E-state index contributed by atoms with van der Waals surface area (Å²) in [6.07, 6.45) is 2.49. The van der Waals surface area contributed by atoms with Crippen molar-refractivity contribution in [1.29, 1.82) is 0 Å². The summed E-state index contributed by atoms with van der Waals surface area (Å²) in [5.74, 6) is -0.141. The average molecular weight is 288 g/mol. The Kier molecular flexibility index (Phi) is 4.49. The summed E-state index contributed by atoms with van der Waals surface area (Å²) in [6, 6.07) is 5.11. The number of aliphatic hydroxyl groups excluding tert-OH is 1. The molecule has 0 bridgehead atoms. The van der Waals surface area contributed by atoms with Gasteiger partial charge in [0, 0.05) is 5.92 Å². The standard InChI is InChI=1S/C13H15Cl2NO2/c14-10-2-1-3-11(15)12(10)16-13(18)8-4-6-9(17)7-5-8/h1-3,8-9,17H,4-7H2,(H,16,18). The van der Waals surface area contributed by atoms with Crippen LogP contribution in [0, 0.1) is 5.92 Å². The van der Waals surface area contributed by atoms with Crippen molar-refractivity contribution in [3.63, 3.8) is 0 Å². The lowest BCUT2D eigenvalue weighted by Crippen LogP contribution is -2.28. The van der Waals surface area contributed by atoms with Gasteiger partial charge in [0.2, 0.25) is 5.91 Å². The molecule has 1 aromatic carbocycles. The molecule has 1 aromatic rings. The van der Waals surface area contributed by atoms with Gasteiger partial charge in [0.25, 0.3) is 0 Å². The van der Waals surface area contributed by atoms with E-state index >= 15 is 0 Å². The molecule has 0 radical (unpaired) electrons. The number of carbonyl (C=O) groups excluding carboxylic acids is 1. The zero-order valence-corrected chi connectivity index (χ0v) is 11.3. The van der Waals surface area contributed by atoms with Gasteiger partial charge in [-0.05, 0) is 37.8 Å². The molecule has 1 saturated carbocycles. The first-order valence-electron chi connectivity index (χ1n) is 6.01. The van der Waals surface area contributed by atoms with Crippen LogP contribution in [0.5, 0.6) is 0 Å². The van der Waals surface area contributed by atoms with Crippen molar-refractivity contribution in [2.75, 3.05) is 5.32 Å². The van der Waals surface area contributed by atoms with Crippen molar-refractivity contribution in [3.05, 3.63) is 28.2 Å². The minimum atomic E-state index is -0.266. The minimum Gasteiger partial charge on any atom is -0.393 e. The summed E-state index contributed by atoms with van der Waals surface area (Å²) >= 11 is 12.0. The highest BCUT2D eigenvalue weighted by molar-refractivity contribution is 6.39. The molecule has 2 N–H and O–H groups in total. The van der Waals surface area contributed by atoms with E-state index in [0.29, 0.717) is 41.4 Å². The third-order valence-electron chi connectivity index (χ3n) is 3.28. The molecular weight excluding hydrogens is 273 g/mol. The summed E-state index contributed by atoms with van der Waals surface area (Å²) in [5.41, 5.74) is 0.469. The Balaban J connectivity index is 2.03. The van der Waals surface area contributed by atoms with Crippen molar-refractivity contribution in [2.24, 2.45) is 5.92 Å². The SMILES string of the molecule is O=C(Nc1c(Cl)cccc1Cl)C1CCC(O)CC1. The number of halogens is 2. The van der Waals surface area contributed by atoms with E-state index in [-0.39, 0.29) is 17.9 Å². The summed E-state index contributed by atoms with van der Waals surface area (Å²) in [5, 5.41) is 13.1. The molecule has 0 heterocycles. The number of aliphatic hydroxyl groups is 1. The van der Waals surface area contributed by atoms with Crippen LogP contribution < -0.4 is 5.32 Å². The van der Waals surface area contributed by atoms with Gasteiger partial charge in [0.1, 0.15) is 0 Å². The van der Waals surface area contributed by atoms with Crippen LogP contribution in [0.1, 0.15) is 25.7 Å². The Hall–Kier alpha value is -0.770. The van der Waals surface area contributed by atoms with Crippen molar-refractivity contribution in [3.8, 4) is 0 Å². The van der Waals surface area contributed by atoms with Crippen LogP contribution in [0.25, 0.3) is 0 Å².